The lowest BCUT2D eigenvalue weighted by Gasteiger charge is -2.14. The first-order valence-electron chi connectivity index (χ1n) is 6.09. The van der Waals surface area contributed by atoms with Crippen molar-refractivity contribution < 1.29 is 4.39 Å². The molecule has 2 aromatic rings. The number of likely N-dealkylation sites (N-methyl/N-ethyl adjacent to an activating group) is 1. The van der Waals surface area contributed by atoms with Gasteiger partial charge < -0.3 is 5.32 Å². The van der Waals surface area contributed by atoms with Gasteiger partial charge in [-0.1, -0.05) is 6.92 Å². The predicted molar refractivity (Wildman–Crippen MR) is 73.4 cm³/mol. The number of nitrogens with one attached hydrogen (secondary N) is 1. The highest BCUT2D eigenvalue weighted by molar-refractivity contribution is 7.11. The summed E-state index contributed by atoms with van der Waals surface area (Å²) < 4.78 is 12.8. The molecule has 2 rings (SSSR count). The molecule has 2 heterocycles. The van der Waals surface area contributed by atoms with Gasteiger partial charge in [-0.15, -0.1) is 11.3 Å². The van der Waals surface area contributed by atoms with Crippen LogP contribution in [0.25, 0.3) is 0 Å². The zero-order chi connectivity index (χ0) is 13.0. The summed E-state index contributed by atoms with van der Waals surface area (Å²) in [6, 6.07) is 7.67. The first-order chi connectivity index (χ1) is 8.72. The molecule has 18 heavy (non-hydrogen) atoms. The highest BCUT2D eigenvalue weighted by atomic mass is 32.1. The highest BCUT2D eigenvalue weighted by Crippen LogP contribution is 2.23. The van der Waals surface area contributed by atoms with E-state index < -0.39 is 0 Å². The minimum Gasteiger partial charge on any atom is -0.311 e. The van der Waals surface area contributed by atoms with Gasteiger partial charge in [0, 0.05) is 16.2 Å². The smallest absolute Gasteiger partial charge is 0.141 e. The van der Waals surface area contributed by atoms with Crippen LogP contribution in [0.15, 0.2) is 30.5 Å². The van der Waals surface area contributed by atoms with Crippen molar-refractivity contribution in [2.75, 3.05) is 7.05 Å². The Kier molecular flexibility index (Phi) is 4.44. The van der Waals surface area contributed by atoms with E-state index in [1.165, 1.54) is 22.0 Å². The monoisotopic (exact) mass is 264 g/mol. The summed E-state index contributed by atoms with van der Waals surface area (Å²) in [6.07, 6.45) is 3.23. The number of hydrogen-bond donors (Lipinski definition) is 1. The predicted octanol–water partition coefficient (Wildman–Crippen LogP) is 3.35. The molecule has 1 atom stereocenters. The Morgan fingerprint density at radius 1 is 1.28 bits per heavy atom. The van der Waals surface area contributed by atoms with Crippen LogP contribution < -0.4 is 5.32 Å². The molecule has 0 amide bonds. The lowest BCUT2D eigenvalue weighted by atomic mass is 10.1. The Labute approximate surface area is 111 Å². The molecule has 2 aromatic heterocycles. The molecule has 0 saturated carbocycles. The largest absolute Gasteiger partial charge is 0.311 e. The van der Waals surface area contributed by atoms with Crippen LogP contribution in [0.2, 0.25) is 0 Å². The molecule has 0 aromatic carbocycles. The quantitative estimate of drug-likeness (QED) is 0.896. The molecule has 0 saturated heterocycles. The summed E-state index contributed by atoms with van der Waals surface area (Å²) >= 11 is 1.83. The summed E-state index contributed by atoms with van der Waals surface area (Å²) in [4.78, 5) is 6.87. The standard InChI is InChI=1S/C14H17FN2S/c1-3-11-5-6-12(18-11)8-14(16-2)13-7-4-10(15)9-17-13/h4-7,9,14,16H,3,8H2,1-2H3. The molecule has 96 valence electrons. The van der Waals surface area contributed by atoms with E-state index >= 15 is 0 Å². The number of pyridine rings is 1. The first kappa shape index (κ1) is 13.2. The maximum atomic E-state index is 12.8. The number of thiophene rings is 1. The minimum absolute atomic E-state index is 0.133. The van der Waals surface area contributed by atoms with Crippen LogP contribution in [0.5, 0.6) is 0 Å². The lowest BCUT2D eigenvalue weighted by molar-refractivity contribution is 0.569. The van der Waals surface area contributed by atoms with E-state index in [0.717, 1.165) is 18.5 Å². The average molecular weight is 264 g/mol. The highest BCUT2D eigenvalue weighted by Gasteiger charge is 2.12. The molecule has 0 fully saturated rings. The van der Waals surface area contributed by atoms with E-state index in [1.807, 2.05) is 18.4 Å². The molecule has 0 aliphatic carbocycles. The van der Waals surface area contributed by atoms with Crippen LogP contribution in [0.1, 0.15) is 28.4 Å². The summed E-state index contributed by atoms with van der Waals surface area (Å²) in [7, 11) is 1.91. The molecule has 2 nitrogen and oxygen atoms in total. The number of nitrogens with zero attached hydrogens (tertiary/aromatic N) is 1. The number of rotatable bonds is 5. The van der Waals surface area contributed by atoms with Crippen LogP contribution in [0.3, 0.4) is 0 Å². The Hall–Kier alpha value is -1.26. The summed E-state index contributed by atoms with van der Waals surface area (Å²) in [5.74, 6) is -0.294. The molecular weight excluding hydrogens is 247 g/mol. The lowest BCUT2D eigenvalue weighted by Crippen LogP contribution is -2.19. The van der Waals surface area contributed by atoms with Gasteiger partial charge in [0.1, 0.15) is 5.82 Å². The fraction of sp³-hybridized carbons (Fsp3) is 0.357. The van der Waals surface area contributed by atoms with Gasteiger partial charge in [0.15, 0.2) is 0 Å². The first-order valence-corrected chi connectivity index (χ1v) is 6.91. The van der Waals surface area contributed by atoms with Crippen molar-refractivity contribution in [3.63, 3.8) is 0 Å². The SMILES string of the molecule is CCc1ccc(CC(NC)c2ccc(F)cn2)s1. The number of aryl methyl sites for hydroxylation is 1. The Morgan fingerprint density at radius 2 is 2.06 bits per heavy atom. The molecule has 0 radical (unpaired) electrons. The van der Waals surface area contributed by atoms with E-state index in [9.17, 15) is 4.39 Å². The zero-order valence-corrected chi connectivity index (χ0v) is 11.4. The molecule has 1 N–H and O–H groups in total. The number of aromatic nitrogens is 1. The molecule has 0 spiro atoms. The van der Waals surface area contributed by atoms with Crippen molar-refractivity contribution in [2.24, 2.45) is 0 Å². The van der Waals surface area contributed by atoms with Crippen molar-refractivity contribution >= 4 is 11.3 Å². The van der Waals surface area contributed by atoms with Crippen LogP contribution in [-0.4, -0.2) is 12.0 Å². The number of hydrogen-bond acceptors (Lipinski definition) is 3. The van der Waals surface area contributed by atoms with Crippen LogP contribution >= 0.6 is 11.3 Å². The Bertz CT molecular complexity index is 493. The molecular formula is C14H17FN2S. The molecule has 1 unspecified atom stereocenters. The topological polar surface area (TPSA) is 24.9 Å². The fourth-order valence-electron chi connectivity index (χ4n) is 1.87. The third kappa shape index (κ3) is 3.15. The van der Waals surface area contributed by atoms with Gasteiger partial charge in [0.05, 0.1) is 17.9 Å². The second-order valence-corrected chi connectivity index (χ2v) is 5.42. The zero-order valence-electron chi connectivity index (χ0n) is 10.6. The van der Waals surface area contributed by atoms with Gasteiger partial charge in [-0.3, -0.25) is 4.98 Å². The average Bonchev–Trinajstić information content (AvgIpc) is 2.85. The minimum atomic E-state index is -0.294. The molecule has 0 aliphatic rings. The summed E-state index contributed by atoms with van der Waals surface area (Å²) in [5.41, 5.74) is 0.880. The van der Waals surface area contributed by atoms with Crippen molar-refractivity contribution in [3.05, 3.63) is 51.7 Å². The van der Waals surface area contributed by atoms with Crippen molar-refractivity contribution in [1.29, 1.82) is 0 Å². The third-order valence-electron chi connectivity index (χ3n) is 2.93. The van der Waals surface area contributed by atoms with Crippen molar-refractivity contribution in [3.8, 4) is 0 Å². The van der Waals surface area contributed by atoms with E-state index in [0.29, 0.717) is 0 Å². The Balaban J connectivity index is 2.11. The van der Waals surface area contributed by atoms with Crippen molar-refractivity contribution in [1.82, 2.24) is 10.3 Å². The van der Waals surface area contributed by atoms with E-state index in [2.05, 4.69) is 29.4 Å². The second-order valence-electron chi connectivity index (χ2n) is 4.17. The third-order valence-corrected chi connectivity index (χ3v) is 4.18. The van der Waals surface area contributed by atoms with Crippen molar-refractivity contribution in [2.45, 2.75) is 25.8 Å². The van der Waals surface area contributed by atoms with Crippen LogP contribution in [-0.2, 0) is 12.8 Å². The van der Waals surface area contributed by atoms with E-state index in [1.54, 1.807) is 6.07 Å². The van der Waals surface area contributed by atoms with Gasteiger partial charge in [-0.2, -0.15) is 0 Å². The molecule has 0 bridgehead atoms. The summed E-state index contributed by atoms with van der Waals surface area (Å²) in [6.45, 7) is 2.16. The molecule has 0 aliphatic heterocycles. The van der Waals surface area contributed by atoms with Gasteiger partial charge in [0.25, 0.3) is 0 Å². The van der Waals surface area contributed by atoms with Gasteiger partial charge in [-0.25, -0.2) is 4.39 Å². The fourth-order valence-corrected chi connectivity index (χ4v) is 2.87. The van der Waals surface area contributed by atoms with Crippen LogP contribution in [0, 0.1) is 5.82 Å². The maximum absolute atomic E-state index is 12.8. The van der Waals surface area contributed by atoms with Gasteiger partial charge in [0.2, 0.25) is 0 Å². The van der Waals surface area contributed by atoms with Gasteiger partial charge in [-0.05, 0) is 37.7 Å². The Morgan fingerprint density at radius 3 is 2.61 bits per heavy atom. The second kappa shape index (κ2) is 6.07. The van der Waals surface area contributed by atoms with Gasteiger partial charge >= 0.3 is 0 Å². The molecule has 4 heteroatoms. The maximum Gasteiger partial charge on any atom is 0.141 e. The number of halogens is 1. The normalized spacial score (nSPS) is 12.6. The van der Waals surface area contributed by atoms with E-state index in [-0.39, 0.29) is 11.9 Å². The van der Waals surface area contributed by atoms with Crippen LogP contribution in [0.4, 0.5) is 4.39 Å². The summed E-state index contributed by atoms with van der Waals surface area (Å²) in [5, 5.41) is 3.24. The van der Waals surface area contributed by atoms with E-state index in [4.69, 9.17) is 0 Å².